The Morgan fingerprint density at radius 2 is 1.94 bits per heavy atom. The van der Waals surface area contributed by atoms with Crippen LogP contribution in [0.25, 0.3) is 0 Å². The van der Waals surface area contributed by atoms with E-state index in [4.69, 9.17) is 0 Å². The first kappa shape index (κ1) is 12.0. The first-order chi connectivity index (χ1) is 8.59. The quantitative estimate of drug-likeness (QED) is 0.883. The number of pyridine rings is 1. The second-order valence-corrected chi connectivity index (χ2v) is 3.71. The zero-order valence-electron chi connectivity index (χ0n) is 9.67. The van der Waals surface area contributed by atoms with Crippen molar-refractivity contribution in [2.24, 2.45) is 0 Å². The van der Waals surface area contributed by atoms with E-state index >= 15 is 0 Å². The van der Waals surface area contributed by atoms with Gasteiger partial charge in [0.2, 0.25) is 0 Å². The van der Waals surface area contributed by atoms with Gasteiger partial charge in [-0.15, -0.1) is 0 Å². The molecule has 4 nitrogen and oxygen atoms in total. The normalized spacial score (nSPS) is 10.1. The number of carbonyl (C=O) groups excluding carboxylic acids is 1. The third kappa shape index (κ3) is 2.29. The lowest BCUT2D eigenvalue weighted by Gasteiger charge is -2.17. The number of carbonyl (C=O) groups is 1. The Hall–Kier alpha value is -2.43. The van der Waals surface area contributed by atoms with Crippen LogP contribution in [-0.2, 0) is 0 Å². The van der Waals surface area contributed by atoms with E-state index in [1.54, 1.807) is 0 Å². The number of hydrogen-bond donors (Lipinski definition) is 1. The van der Waals surface area contributed by atoms with Gasteiger partial charge in [-0.25, -0.2) is 9.37 Å². The number of rotatable bonds is 2. The third-order valence-electron chi connectivity index (χ3n) is 2.51. The second-order valence-electron chi connectivity index (χ2n) is 3.71. The van der Waals surface area contributed by atoms with Crippen molar-refractivity contribution in [3.63, 3.8) is 0 Å². The molecule has 1 amide bonds. The van der Waals surface area contributed by atoms with E-state index in [0.29, 0.717) is 5.69 Å². The maximum absolute atomic E-state index is 12.8. The Bertz CT molecular complexity index is 569. The molecule has 2 aromatic rings. The Labute approximate surface area is 103 Å². The standard InChI is InChI=1S/C13H11FN2O2/c1-16(10-6-4-9(14)5-7-10)13(18)12-11(17)3-2-8-15-12/h2-8,17H,1H3. The highest BCUT2D eigenvalue weighted by Gasteiger charge is 2.18. The molecular weight excluding hydrogens is 235 g/mol. The summed E-state index contributed by atoms with van der Waals surface area (Å²) in [4.78, 5) is 17.2. The molecular formula is C13H11FN2O2. The summed E-state index contributed by atoms with van der Waals surface area (Å²) < 4.78 is 12.8. The average molecular weight is 246 g/mol. The predicted molar refractivity (Wildman–Crippen MR) is 65.0 cm³/mol. The summed E-state index contributed by atoms with van der Waals surface area (Å²) >= 11 is 0. The van der Waals surface area contributed by atoms with E-state index < -0.39 is 5.91 Å². The maximum atomic E-state index is 12.8. The fourth-order valence-corrected chi connectivity index (χ4v) is 1.50. The predicted octanol–water partition coefficient (Wildman–Crippen LogP) is 2.20. The first-order valence-corrected chi connectivity index (χ1v) is 5.27. The van der Waals surface area contributed by atoms with Crippen LogP contribution in [0.3, 0.4) is 0 Å². The number of hydrogen-bond acceptors (Lipinski definition) is 3. The van der Waals surface area contributed by atoms with Gasteiger partial charge in [-0.1, -0.05) is 0 Å². The number of aromatic nitrogens is 1. The lowest BCUT2D eigenvalue weighted by atomic mass is 10.2. The second kappa shape index (κ2) is 4.83. The Morgan fingerprint density at radius 3 is 2.56 bits per heavy atom. The van der Waals surface area contributed by atoms with Crippen molar-refractivity contribution >= 4 is 11.6 Å². The van der Waals surface area contributed by atoms with Crippen molar-refractivity contribution in [1.29, 1.82) is 0 Å². The highest BCUT2D eigenvalue weighted by atomic mass is 19.1. The molecule has 1 aromatic carbocycles. The summed E-state index contributed by atoms with van der Waals surface area (Å²) in [5.74, 6) is -1.02. The molecule has 0 aliphatic rings. The van der Waals surface area contributed by atoms with E-state index in [1.165, 1.54) is 54.5 Å². The van der Waals surface area contributed by atoms with Crippen molar-refractivity contribution in [2.45, 2.75) is 0 Å². The van der Waals surface area contributed by atoms with Gasteiger partial charge in [0.05, 0.1) is 0 Å². The zero-order valence-corrected chi connectivity index (χ0v) is 9.67. The molecule has 18 heavy (non-hydrogen) atoms. The fourth-order valence-electron chi connectivity index (χ4n) is 1.50. The van der Waals surface area contributed by atoms with E-state index in [-0.39, 0.29) is 17.3 Å². The SMILES string of the molecule is CN(C(=O)c1ncccc1O)c1ccc(F)cc1. The van der Waals surface area contributed by atoms with Crippen LogP contribution in [0, 0.1) is 5.82 Å². The maximum Gasteiger partial charge on any atom is 0.280 e. The van der Waals surface area contributed by atoms with Gasteiger partial charge in [0.1, 0.15) is 11.6 Å². The van der Waals surface area contributed by atoms with Gasteiger partial charge in [0.25, 0.3) is 5.91 Å². The number of anilines is 1. The van der Waals surface area contributed by atoms with Crippen molar-refractivity contribution in [3.8, 4) is 5.75 Å². The van der Waals surface area contributed by atoms with Crippen LogP contribution < -0.4 is 4.90 Å². The minimum Gasteiger partial charge on any atom is -0.505 e. The minimum absolute atomic E-state index is 0.0377. The van der Waals surface area contributed by atoms with Gasteiger partial charge < -0.3 is 10.0 Å². The van der Waals surface area contributed by atoms with Crippen molar-refractivity contribution < 1.29 is 14.3 Å². The van der Waals surface area contributed by atoms with Crippen LogP contribution in [-0.4, -0.2) is 23.0 Å². The summed E-state index contributed by atoms with van der Waals surface area (Å²) in [5.41, 5.74) is 0.482. The molecule has 2 rings (SSSR count). The summed E-state index contributed by atoms with van der Waals surface area (Å²) in [6.07, 6.45) is 1.42. The minimum atomic E-state index is -0.459. The molecule has 0 bridgehead atoms. The Kier molecular flexibility index (Phi) is 3.23. The highest BCUT2D eigenvalue weighted by molar-refractivity contribution is 6.05. The van der Waals surface area contributed by atoms with E-state index in [1.807, 2.05) is 0 Å². The molecule has 92 valence electrons. The molecule has 0 unspecified atom stereocenters. The summed E-state index contributed by atoms with van der Waals surface area (Å²) in [5, 5.41) is 9.55. The third-order valence-corrected chi connectivity index (χ3v) is 2.51. The van der Waals surface area contributed by atoms with E-state index in [9.17, 15) is 14.3 Å². The van der Waals surface area contributed by atoms with Crippen molar-refractivity contribution in [3.05, 3.63) is 54.1 Å². The number of nitrogens with zero attached hydrogens (tertiary/aromatic N) is 2. The average Bonchev–Trinajstić information content (AvgIpc) is 2.38. The summed E-state index contributed by atoms with van der Waals surface area (Å²) in [6.45, 7) is 0. The van der Waals surface area contributed by atoms with Crippen LogP contribution in [0.5, 0.6) is 5.75 Å². The molecule has 0 saturated heterocycles. The smallest absolute Gasteiger partial charge is 0.280 e. The first-order valence-electron chi connectivity index (χ1n) is 5.27. The molecule has 0 aliphatic heterocycles. The monoisotopic (exact) mass is 246 g/mol. The molecule has 1 heterocycles. The molecule has 0 spiro atoms. The number of halogens is 1. The Morgan fingerprint density at radius 1 is 1.28 bits per heavy atom. The number of aromatic hydroxyl groups is 1. The van der Waals surface area contributed by atoms with Gasteiger partial charge in [-0.05, 0) is 36.4 Å². The molecule has 5 heteroatoms. The van der Waals surface area contributed by atoms with Gasteiger partial charge in [-0.2, -0.15) is 0 Å². The van der Waals surface area contributed by atoms with Crippen LogP contribution in [0.1, 0.15) is 10.5 Å². The molecule has 0 fully saturated rings. The van der Waals surface area contributed by atoms with Gasteiger partial charge in [0.15, 0.2) is 5.69 Å². The molecule has 1 N–H and O–H groups in total. The van der Waals surface area contributed by atoms with Crippen LogP contribution in [0.4, 0.5) is 10.1 Å². The van der Waals surface area contributed by atoms with Crippen molar-refractivity contribution in [1.82, 2.24) is 4.98 Å². The van der Waals surface area contributed by atoms with Gasteiger partial charge >= 0.3 is 0 Å². The van der Waals surface area contributed by atoms with Crippen LogP contribution in [0.15, 0.2) is 42.6 Å². The topological polar surface area (TPSA) is 53.4 Å². The Balaban J connectivity index is 2.29. The largest absolute Gasteiger partial charge is 0.505 e. The fraction of sp³-hybridized carbons (Fsp3) is 0.0769. The summed E-state index contributed by atoms with van der Waals surface area (Å²) in [7, 11) is 1.53. The van der Waals surface area contributed by atoms with Crippen LogP contribution in [0.2, 0.25) is 0 Å². The van der Waals surface area contributed by atoms with E-state index in [2.05, 4.69) is 4.98 Å². The van der Waals surface area contributed by atoms with E-state index in [0.717, 1.165) is 0 Å². The molecule has 0 aliphatic carbocycles. The van der Waals surface area contributed by atoms with Crippen LogP contribution >= 0.6 is 0 Å². The lowest BCUT2D eigenvalue weighted by molar-refractivity contribution is 0.0985. The number of benzene rings is 1. The highest BCUT2D eigenvalue weighted by Crippen LogP contribution is 2.19. The zero-order chi connectivity index (χ0) is 13.1. The van der Waals surface area contributed by atoms with Gasteiger partial charge in [0, 0.05) is 18.9 Å². The molecule has 0 atom stereocenters. The molecule has 0 saturated carbocycles. The van der Waals surface area contributed by atoms with Gasteiger partial charge in [-0.3, -0.25) is 4.79 Å². The summed E-state index contributed by atoms with van der Waals surface area (Å²) in [6, 6.07) is 8.40. The number of amides is 1. The molecule has 1 aromatic heterocycles. The molecule has 0 radical (unpaired) electrons. The lowest BCUT2D eigenvalue weighted by Crippen LogP contribution is -2.27. The van der Waals surface area contributed by atoms with Crippen molar-refractivity contribution in [2.75, 3.05) is 11.9 Å².